The van der Waals surface area contributed by atoms with E-state index >= 15 is 0 Å². The number of hydrogen-bond acceptors (Lipinski definition) is 2. The average Bonchev–Trinajstić information content (AvgIpc) is 2.37. The fourth-order valence-corrected chi connectivity index (χ4v) is 2.90. The van der Waals surface area contributed by atoms with Crippen LogP contribution in [0.2, 0.25) is 0 Å². The molecule has 0 atom stereocenters. The predicted octanol–water partition coefficient (Wildman–Crippen LogP) is 3.09. The van der Waals surface area contributed by atoms with Crippen LogP contribution >= 0.6 is 15.9 Å². The molecule has 0 unspecified atom stereocenters. The van der Waals surface area contributed by atoms with Crippen LogP contribution in [0.4, 0.5) is 0 Å². The second-order valence-electron chi connectivity index (χ2n) is 4.91. The first-order valence-corrected chi connectivity index (χ1v) is 7.16. The van der Waals surface area contributed by atoms with Gasteiger partial charge in [-0.25, -0.2) is 0 Å². The highest BCUT2D eigenvalue weighted by molar-refractivity contribution is 9.10. The first kappa shape index (κ1) is 13.1. The van der Waals surface area contributed by atoms with Crippen molar-refractivity contribution in [3.63, 3.8) is 0 Å². The summed E-state index contributed by atoms with van der Waals surface area (Å²) in [4.78, 5) is 0. The lowest BCUT2D eigenvalue weighted by molar-refractivity contribution is 0.175. The first-order valence-electron chi connectivity index (χ1n) is 6.36. The van der Waals surface area contributed by atoms with Crippen molar-refractivity contribution in [2.75, 3.05) is 6.61 Å². The van der Waals surface area contributed by atoms with Gasteiger partial charge in [-0.15, -0.1) is 0 Å². The summed E-state index contributed by atoms with van der Waals surface area (Å²) in [6, 6.07) is 9.06. The molecular weight excluding hydrogens is 278 g/mol. The van der Waals surface area contributed by atoms with Crippen LogP contribution in [-0.2, 0) is 6.54 Å². The topological polar surface area (TPSA) is 32.3 Å². The largest absolute Gasteiger partial charge is 0.396 e. The van der Waals surface area contributed by atoms with E-state index in [0.29, 0.717) is 18.6 Å². The zero-order chi connectivity index (χ0) is 12.1. The van der Waals surface area contributed by atoms with Crippen molar-refractivity contribution >= 4 is 15.9 Å². The molecule has 0 amide bonds. The van der Waals surface area contributed by atoms with E-state index in [1.807, 2.05) is 0 Å². The third-order valence-corrected chi connectivity index (χ3v) is 4.08. The van der Waals surface area contributed by atoms with Gasteiger partial charge in [0.05, 0.1) is 0 Å². The molecule has 1 aliphatic rings. The minimum atomic E-state index is 0.359. The van der Waals surface area contributed by atoms with E-state index in [4.69, 9.17) is 5.11 Å². The molecule has 2 nitrogen and oxygen atoms in total. The average molecular weight is 298 g/mol. The highest BCUT2D eigenvalue weighted by Crippen LogP contribution is 2.24. The number of aliphatic hydroxyl groups is 1. The van der Waals surface area contributed by atoms with Gasteiger partial charge in [0.15, 0.2) is 0 Å². The van der Waals surface area contributed by atoms with Gasteiger partial charge in [-0.2, -0.15) is 0 Å². The lowest BCUT2D eigenvalue weighted by Gasteiger charge is -2.28. The smallest absolute Gasteiger partial charge is 0.0459 e. The zero-order valence-electron chi connectivity index (χ0n) is 10.0. The minimum Gasteiger partial charge on any atom is -0.396 e. The normalized spacial score (nSPS) is 24.8. The van der Waals surface area contributed by atoms with Crippen molar-refractivity contribution < 1.29 is 5.11 Å². The summed E-state index contributed by atoms with van der Waals surface area (Å²) >= 11 is 3.49. The van der Waals surface area contributed by atoms with E-state index in [2.05, 4.69) is 45.5 Å². The van der Waals surface area contributed by atoms with E-state index < -0.39 is 0 Å². The van der Waals surface area contributed by atoms with Gasteiger partial charge in [0.1, 0.15) is 0 Å². The first-order chi connectivity index (χ1) is 8.28. The Morgan fingerprint density at radius 2 is 2.00 bits per heavy atom. The molecule has 2 N–H and O–H groups in total. The lowest BCUT2D eigenvalue weighted by Crippen LogP contribution is -2.33. The second-order valence-corrected chi connectivity index (χ2v) is 5.83. The van der Waals surface area contributed by atoms with Gasteiger partial charge in [0, 0.05) is 23.7 Å². The Labute approximate surface area is 112 Å². The number of aliphatic hydroxyl groups excluding tert-OH is 1. The van der Waals surface area contributed by atoms with E-state index in [0.717, 1.165) is 23.9 Å². The molecule has 1 saturated carbocycles. The third-order valence-electron chi connectivity index (χ3n) is 3.59. The summed E-state index contributed by atoms with van der Waals surface area (Å²) in [7, 11) is 0. The molecule has 0 aromatic heterocycles. The van der Waals surface area contributed by atoms with Crippen molar-refractivity contribution in [1.82, 2.24) is 5.32 Å². The Hall–Kier alpha value is -0.380. The zero-order valence-corrected chi connectivity index (χ0v) is 11.6. The molecule has 0 bridgehead atoms. The summed E-state index contributed by atoms with van der Waals surface area (Å²) in [5, 5.41) is 12.7. The van der Waals surface area contributed by atoms with Crippen LogP contribution in [0.3, 0.4) is 0 Å². The third kappa shape index (κ3) is 4.09. The molecule has 1 fully saturated rings. The van der Waals surface area contributed by atoms with Gasteiger partial charge < -0.3 is 10.4 Å². The Kier molecular flexibility index (Phi) is 5.01. The molecule has 0 spiro atoms. The Bertz CT molecular complexity index is 348. The van der Waals surface area contributed by atoms with Crippen molar-refractivity contribution in [1.29, 1.82) is 0 Å². The van der Waals surface area contributed by atoms with Gasteiger partial charge in [-0.3, -0.25) is 0 Å². The molecule has 3 heteroatoms. The number of halogens is 1. The van der Waals surface area contributed by atoms with Crippen LogP contribution in [0.25, 0.3) is 0 Å². The van der Waals surface area contributed by atoms with E-state index in [1.165, 1.54) is 18.4 Å². The number of rotatable bonds is 4. The number of benzene rings is 1. The number of hydrogen-bond donors (Lipinski definition) is 2. The summed E-state index contributed by atoms with van der Waals surface area (Å²) in [5.74, 6) is 0.541. The monoisotopic (exact) mass is 297 g/mol. The fraction of sp³-hybridized carbons (Fsp3) is 0.571. The van der Waals surface area contributed by atoms with E-state index in [1.54, 1.807) is 0 Å². The van der Waals surface area contributed by atoms with E-state index in [9.17, 15) is 0 Å². The maximum absolute atomic E-state index is 9.09. The maximum atomic E-state index is 9.09. The Morgan fingerprint density at radius 1 is 1.24 bits per heavy atom. The molecule has 0 heterocycles. The standard InChI is InChI=1S/C14H20BrNO/c15-13-3-1-2-12(8-13)9-16-14-6-4-11(10-17)5-7-14/h1-3,8,11,14,16-17H,4-7,9-10H2. The van der Waals surface area contributed by atoms with Crippen molar-refractivity contribution in [2.24, 2.45) is 5.92 Å². The fourth-order valence-electron chi connectivity index (χ4n) is 2.46. The molecule has 0 aliphatic heterocycles. The molecule has 1 aromatic rings. The molecule has 94 valence electrons. The van der Waals surface area contributed by atoms with Crippen LogP contribution in [0.5, 0.6) is 0 Å². The van der Waals surface area contributed by atoms with Crippen LogP contribution in [0.15, 0.2) is 28.7 Å². The molecule has 1 aromatic carbocycles. The molecule has 1 aliphatic carbocycles. The predicted molar refractivity (Wildman–Crippen MR) is 73.8 cm³/mol. The lowest BCUT2D eigenvalue weighted by atomic mass is 9.86. The van der Waals surface area contributed by atoms with Gasteiger partial charge >= 0.3 is 0 Å². The molecular formula is C14H20BrNO. The number of nitrogens with one attached hydrogen (secondary N) is 1. The van der Waals surface area contributed by atoms with E-state index in [-0.39, 0.29) is 0 Å². The maximum Gasteiger partial charge on any atom is 0.0459 e. The van der Waals surface area contributed by atoms with Crippen molar-refractivity contribution in [2.45, 2.75) is 38.3 Å². The van der Waals surface area contributed by atoms with Crippen molar-refractivity contribution in [3.05, 3.63) is 34.3 Å². The van der Waals surface area contributed by atoms with Crippen molar-refractivity contribution in [3.8, 4) is 0 Å². The Morgan fingerprint density at radius 3 is 2.65 bits per heavy atom. The highest BCUT2D eigenvalue weighted by atomic mass is 79.9. The summed E-state index contributed by atoms with van der Waals surface area (Å²) in [6.45, 7) is 1.30. The van der Waals surface area contributed by atoms with Gasteiger partial charge in [-0.05, 0) is 49.3 Å². The van der Waals surface area contributed by atoms with Crippen LogP contribution in [-0.4, -0.2) is 17.8 Å². The summed E-state index contributed by atoms with van der Waals surface area (Å²) < 4.78 is 1.14. The SMILES string of the molecule is OCC1CCC(NCc2cccc(Br)c2)CC1. The molecule has 0 saturated heterocycles. The van der Waals surface area contributed by atoms with Crippen LogP contribution in [0, 0.1) is 5.92 Å². The Balaban J connectivity index is 1.76. The summed E-state index contributed by atoms with van der Waals surface area (Å²) in [5.41, 5.74) is 1.32. The second kappa shape index (κ2) is 6.53. The molecule has 2 rings (SSSR count). The minimum absolute atomic E-state index is 0.359. The highest BCUT2D eigenvalue weighted by Gasteiger charge is 2.19. The quantitative estimate of drug-likeness (QED) is 0.895. The summed E-state index contributed by atoms with van der Waals surface area (Å²) in [6.07, 6.45) is 4.71. The van der Waals surface area contributed by atoms with Crippen LogP contribution < -0.4 is 5.32 Å². The molecule has 17 heavy (non-hydrogen) atoms. The van der Waals surface area contributed by atoms with Gasteiger partial charge in [-0.1, -0.05) is 28.1 Å². The van der Waals surface area contributed by atoms with Crippen LogP contribution in [0.1, 0.15) is 31.2 Å². The molecule has 0 radical (unpaired) electrons. The van der Waals surface area contributed by atoms with Gasteiger partial charge in [0.25, 0.3) is 0 Å². The van der Waals surface area contributed by atoms with Gasteiger partial charge in [0.2, 0.25) is 0 Å².